The van der Waals surface area contributed by atoms with Crippen molar-refractivity contribution >= 4 is 40.0 Å². The maximum atomic E-state index is 13.6. The molecule has 186 valence electrons. The molecule has 0 bridgehead atoms. The number of benzene rings is 2. The molecule has 0 saturated heterocycles. The first-order valence-corrected chi connectivity index (χ1v) is 12.3. The maximum absolute atomic E-state index is 13.6. The van der Waals surface area contributed by atoms with E-state index in [1.54, 1.807) is 13.1 Å². The number of amides is 2. The Morgan fingerprint density at radius 2 is 1.94 bits per heavy atom. The van der Waals surface area contributed by atoms with Crippen LogP contribution in [0.1, 0.15) is 44.1 Å². The summed E-state index contributed by atoms with van der Waals surface area (Å²) in [5.41, 5.74) is 4.10. The lowest BCUT2D eigenvalue weighted by atomic mass is 9.95. The lowest BCUT2D eigenvalue weighted by Gasteiger charge is -2.21. The van der Waals surface area contributed by atoms with E-state index in [1.165, 1.54) is 0 Å². The standard InChI is InChI=1S/C27H27ClN4O4/c1-14(2)32-21-11-18(17-5-6-22-23(10-17)36-8-7-35-22)25(28)24(20(21)13-30-32)27(34)29-12-19-15(3)9-16(4)31-26(19)33/h5-6,9-11,13-14,19H,7-8,12H2,1-4H3,(H,29,34). The molecule has 0 radical (unpaired) electrons. The van der Waals surface area contributed by atoms with Gasteiger partial charge in [-0.2, -0.15) is 5.10 Å². The van der Waals surface area contributed by atoms with E-state index in [2.05, 4.69) is 15.4 Å². The van der Waals surface area contributed by atoms with E-state index >= 15 is 0 Å². The average Bonchev–Trinajstić information content (AvgIpc) is 3.26. The number of dihydropyridines is 1. The predicted octanol–water partition coefficient (Wildman–Crippen LogP) is 5.00. The van der Waals surface area contributed by atoms with Crippen molar-refractivity contribution in [1.29, 1.82) is 0 Å². The summed E-state index contributed by atoms with van der Waals surface area (Å²) in [5.74, 6) is 0.158. The molecule has 3 aromatic rings. The zero-order valence-corrected chi connectivity index (χ0v) is 21.3. The van der Waals surface area contributed by atoms with E-state index in [0.29, 0.717) is 52.0 Å². The van der Waals surface area contributed by atoms with Crippen molar-refractivity contribution in [1.82, 2.24) is 15.1 Å². The van der Waals surface area contributed by atoms with Gasteiger partial charge in [-0.15, -0.1) is 0 Å². The number of ether oxygens (including phenoxy) is 2. The highest BCUT2D eigenvalue weighted by Gasteiger charge is 2.27. The number of carbonyl (C=O) groups excluding carboxylic acids is 2. The molecule has 0 fully saturated rings. The van der Waals surface area contributed by atoms with Gasteiger partial charge in [0.15, 0.2) is 11.5 Å². The van der Waals surface area contributed by atoms with Crippen LogP contribution in [0.3, 0.4) is 0 Å². The van der Waals surface area contributed by atoms with Gasteiger partial charge in [0.1, 0.15) is 13.2 Å². The zero-order chi connectivity index (χ0) is 25.6. The number of hydrogen-bond acceptors (Lipinski definition) is 5. The van der Waals surface area contributed by atoms with Crippen LogP contribution in [0.15, 0.2) is 47.1 Å². The highest BCUT2D eigenvalue weighted by molar-refractivity contribution is 6.38. The molecule has 0 spiro atoms. The molecule has 9 heteroatoms. The van der Waals surface area contributed by atoms with Crippen molar-refractivity contribution in [3.05, 3.63) is 52.7 Å². The largest absolute Gasteiger partial charge is 0.486 e. The average molecular weight is 507 g/mol. The normalized spacial score (nSPS) is 17.3. The van der Waals surface area contributed by atoms with Crippen LogP contribution in [0, 0.1) is 5.92 Å². The molecule has 1 N–H and O–H groups in total. The molecular weight excluding hydrogens is 480 g/mol. The lowest BCUT2D eigenvalue weighted by molar-refractivity contribution is -0.120. The molecule has 2 amide bonds. The molecule has 2 aromatic carbocycles. The molecule has 0 saturated carbocycles. The molecule has 0 aliphatic carbocycles. The van der Waals surface area contributed by atoms with E-state index in [1.807, 2.05) is 55.8 Å². The van der Waals surface area contributed by atoms with Crippen LogP contribution in [0.4, 0.5) is 0 Å². The van der Waals surface area contributed by atoms with E-state index < -0.39 is 5.92 Å². The van der Waals surface area contributed by atoms with Crippen LogP contribution >= 0.6 is 11.6 Å². The number of fused-ring (bicyclic) bond motifs is 2. The Hall–Kier alpha value is -3.65. The highest BCUT2D eigenvalue weighted by Crippen LogP contribution is 2.41. The summed E-state index contributed by atoms with van der Waals surface area (Å²) in [5, 5.41) is 8.37. The molecule has 2 aliphatic heterocycles. The van der Waals surface area contributed by atoms with Crippen molar-refractivity contribution in [2.45, 2.75) is 33.7 Å². The van der Waals surface area contributed by atoms with Gasteiger partial charge in [-0.3, -0.25) is 14.3 Å². The second-order valence-corrected chi connectivity index (χ2v) is 9.71. The Morgan fingerprint density at radius 1 is 1.19 bits per heavy atom. The van der Waals surface area contributed by atoms with Gasteiger partial charge in [-0.1, -0.05) is 23.2 Å². The number of nitrogens with one attached hydrogen (secondary N) is 1. The van der Waals surface area contributed by atoms with Crippen LogP contribution in [0.25, 0.3) is 22.0 Å². The number of carbonyl (C=O) groups is 2. The minimum Gasteiger partial charge on any atom is -0.486 e. The van der Waals surface area contributed by atoms with Gasteiger partial charge >= 0.3 is 0 Å². The number of aromatic nitrogens is 2. The topological polar surface area (TPSA) is 94.8 Å². The third kappa shape index (κ3) is 4.26. The molecule has 3 heterocycles. The van der Waals surface area contributed by atoms with E-state index in [0.717, 1.165) is 16.7 Å². The zero-order valence-electron chi connectivity index (χ0n) is 20.6. The van der Waals surface area contributed by atoms with Gasteiger partial charge in [0.25, 0.3) is 11.8 Å². The summed E-state index contributed by atoms with van der Waals surface area (Å²) >= 11 is 6.92. The molecule has 1 atom stereocenters. The number of allylic oxidation sites excluding steroid dienone is 1. The quantitative estimate of drug-likeness (QED) is 0.525. The van der Waals surface area contributed by atoms with Gasteiger partial charge in [0, 0.05) is 29.2 Å². The fourth-order valence-electron chi connectivity index (χ4n) is 4.66. The summed E-state index contributed by atoms with van der Waals surface area (Å²) in [4.78, 5) is 30.0. The maximum Gasteiger partial charge on any atom is 0.254 e. The first-order chi connectivity index (χ1) is 17.2. The van der Waals surface area contributed by atoms with Gasteiger partial charge in [-0.25, -0.2) is 4.99 Å². The number of aliphatic imine (C=N–C) groups is 1. The Balaban J connectivity index is 1.56. The van der Waals surface area contributed by atoms with Crippen LogP contribution in [-0.2, 0) is 4.79 Å². The number of hydrogen-bond donors (Lipinski definition) is 1. The van der Waals surface area contributed by atoms with Crippen molar-refractivity contribution in [3.8, 4) is 22.6 Å². The smallest absolute Gasteiger partial charge is 0.254 e. The Bertz CT molecular complexity index is 1450. The Labute approximate surface area is 213 Å². The SMILES string of the molecule is CC1=CC(C)=NC(=O)C1CNC(=O)c1c(Cl)c(-c2ccc3c(c2)OCCO3)cc2c1cnn2C(C)C. The van der Waals surface area contributed by atoms with Crippen molar-refractivity contribution in [2.75, 3.05) is 19.8 Å². The fraction of sp³-hybridized carbons (Fsp3) is 0.333. The molecule has 1 aromatic heterocycles. The van der Waals surface area contributed by atoms with Gasteiger partial charge in [0.05, 0.1) is 28.2 Å². The van der Waals surface area contributed by atoms with Gasteiger partial charge < -0.3 is 14.8 Å². The van der Waals surface area contributed by atoms with E-state index in [-0.39, 0.29) is 24.4 Å². The van der Waals surface area contributed by atoms with Gasteiger partial charge in [0.2, 0.25) is 0 Å². The number of halogens is 1. The molecular formula is C27H27ClN4O4. The third-order valence-corrected chi connectivity index (χ3v) is 6.84. The predicted molar refractivity (Wildman–Crippen MR) is 139 cm³/mol. The Morgan fingerprint density at radius 3 is 2.67 bits per heavy atom. The molecule has 2 aliphatic rings. The number of rotatable bonds is 5. The fourth-order valence-corrected chi connectivity index (χ4v) is 5.01. The van der Waals surface area contributed by atoms with Gasteiger partial charge in [-0.05, 0) is 57.5 Å². The summed E-state index contributed by atoms with van der Waals surface area (Å²) < 4.78 is 13.3. The Kier molecular flexibility index (Phi) is 6.30. The minimum atomic E-state index is -0.508. The van der Waals surface area contributed by atoms with Crippen LogP contribution in [-0.4, -0.2) is 47.1 Å². The van der Waals surface area contributed by atoms with E-state index in [9.17, 15) is 9.59 Å². The summed E-state index contributed by atoms with van der Waals surface area (Å²) in [6.07, 6.45) is 3.52. The summed E-state index contributed by atoms with van der Waals surface area (Å²) in [6, 6.07) is 7.63. The molecule has 5 rings (SSSR count). The monoisotopic (exact) mass is 506 g/mol. The van der Waals surface area contributed by atoms with Crippen molar-refractivity contribution in [2.24, 2.45) is 10.9 Å². The summed E-state index contributed by atoms with van der Waals surface area (Å²) in [7, 11) is 0. The van der Waals surface area contributed by atoms with Crippen molar-refractivity contribution < 1.29 is 19.1 Å². The summed E-state index contributed by atoms with van der Waals surface area (Å²) in [6.45, 7) is 8.79. The van der Waals surface area contributed by atoms with Crippen molar-refractivity contribution in [3.63, 3.8) is 0 Å². The highest BCUT2D eigenvalue weighted by atomic mass is 35.5. The first kappa shape index (κ1) is 24.1. The minimum absolute atomic E-state index is 0.0708. The lowest BCUT2D eigenvalue weighted by Crippen LogP contribution is -2.35. The second-order valence-electron chi connectivity index (χ2n) is 9.33. The number of nitrogens with zero attached hydrogens (tertiary/aromatic N) is 3. The van der Waals surface area contributed by atoms with Crippen LogP contribution in [0.5, 0.6) is 11.5 Å². The molecule has 36 heavy (non-hydrogen) atoms. The second kappa shape index (κ2) is 9.43. The molecule has 8 nitrogen and oxygen atoms in total. The molecule has 1 unspecified atom stereocenters. The van der Waals surface area contributed by atoms with E-state index in [4.69, 9.17) is 21.1 Å². The third-order valence-electron chi connectivity index (χ3n) is 6.45. The van der Waals surface area contributed by atoms with Crippen LogP contribution in [0.2, 0.25) is 5.02 Å². The van der Waals surface area contributed by atoms with Crippen LogP contribution < -0.4 is 14.8 Å². The first-order valence-electron chi connectivity index (χ1n) is 11.9.